The van der Waals surface area contributed by atoms with Crippen molar-refractivity contribution in [1.29, 1.82) is 5.26 Å². The van der Waals surface area contributed by atoms with Crippen molar-refractivity contribution in [2.24, 2.45) is 5.41 Å². The fraction of sp³-hybridized carbons (Fsp3) is 0.316. The van der Waals surface area contributed by atoms with Crippen molar-refractivity contribution in [2.45, 2.75) is 33.6 Å². The largest absolute Gasteiger partial charge is 0.294 e. The van der Waals surface area contributed by atoms with Crippen LogP contribution in [0.2, 0.25) is 0 Å². The van der Waals surface area contributed by atoms with E-state index in [-0.39, 0.29) is 22.3 Å². The molecule has 0 unspecified atom stereocenters. The number of pyridine rings is 1. The average Bonchev–Trinajstić information content (AvgIpc) is 2.47. The van der Waals surface area contributed by atoms with Crippen molar-refractivity contribution in [1.82, 2.24) is 4.57 Å². The van der Waals surface area contributed by atoms with Gasteiger partial charge in [0.2, 0.25) is 0 Å². The number of rotatable bonds is 1. The number of aryl methyl sites for hydroxylation is 1. The van der Waals surface area contributed by atoms with Crippen LogP contribution in [0.15, 0.2) is 35.1 Å². The summed E-state index contributed by atoms with van der Waals surface area (Å²) in [5.74, 6) is -0.00592. The summed E-state index contributed by atoms with van der Waals surface area (Å²) in [6.07, 6.45) is 1.06. The predicted octanol–water partition coefficient (Wildman–Crippen LogP) is 3.17. The molecule has 1 aliphatic rings. The van der Waals surface area contributed by atoms with Gasteiger partial charge in [-0.3, -0.25) is 14.2 Å². The van der Waals surface area contributed by atoms with E-state index in [0.717, 1.165) is 5.56 Å². The molecule has 0 N–H and O–H groups in total. The number of aromatic nitrogens is 1. The first-order chi connectivity index (χ1) is 10.8. The molecule has 0 aliphatic heterocycles. The highest BCUT2D eigenvalue weighted by Crippen LogP contribution is 2.35. The maximum Gasteiger partial charge on any atom is 0.273 e. The van der Waals surface area contributed by atoms with Gasteiger partial charge in [-0.05, 0) is 37.0 Å². The van der Waals surface area contributed by atoms with E-state index in [0.29, 0.717) is 29.8 Å². The van der Waals surface area contributed by atoms with Crippen molar-refractivity contribution in [3.63, 3.8) is 0 Å². The van der Waals surface area contributed by atoms with Gasteiger partial charge in [0.25, 0.3) is 5.56 Å². The standard InChI is InChI=1S/C19H18N2O2/c1-12-4-6-14(7-5-12)21-16-9-19(2,3)10-17(22)15(16)8-13(11-20)18(21)23/h4-8H,9-10H2,1-3H3. The normalized spacial score (nSPS) is 15.8. The minimum Gasteiger partial charge on any atom is -0.294 e. The molecule has 0 amide bonds. The molecule has 2 aromatic rings. The Morgan fingerprint density at radius 3 is 2.39 bits per heavy atom. The quantitative estimate of drug-likeness (QED) is 0.813. The molecule has 0 fully saturated rings. The number of benzene rings is 1. The summed E-state index contributed by atoms with van der Waals surface area (Å²) in [5.41, 5.74) is 2.44. The van der Waals surface area contributed by atoms with E-state index in [1.54, 1.807) is 0 Å². The van der Waals surface area contributed by atoms with Gasteiger partial charge in [-0.15, -0.1) is 0 Å². The van der Waals surface area contributed by atoms with E-state index in [9.17, 15) is 14.9 Å². The van der Waals surface area contributed by atoms with Crippen LogP contribution in [0.1, 0.15) is 47.4 Å². The molecule has 0 saturated heterocycles. The second-order valence-corrected chi connectivity index (χ2v) is 6.95. The number of hydrogen-bond acceptors (Lipinski definition) is 3. The van der Waals surface area contributed by atoms with Gasteiger partial charge in [-0.1, -0.05) is 31.5 Å². The van der Waals surface area contributed by atoms with Gasteiger partial charge in [-0.2, -0.15) is 5.26 Å². The Bertz CT molecular complexity index is 897. The molecule has 0 bridgehead atoms. The fourth-order valence-corrected chi connectivity index (χ4v) is 3.16. The first kappa shape index (κ1) is 15.2. The molecule has 4 heteroatoms. The minimum absolute atomic E-state index is 0.00592. The summed E-state index contributed by atoms with van der Waals surface area (Å²) in [5, 5.41) is 9.25. The molecular formula is C19H18N2O2. The highest BCUT2D eigenvalue weighted by Gasteiger charge is 2.34. The van der Waals surface area contributed by atoms with Crippen LogP contribution in [0.25, 0.3) is 5.69 Å². The van der Waals surface area contributed by atoms with E-state index in [1.807, 2.05) is 51.1 Å². The van der Waals surface area contributed by atoms with Crippen molar-refractivity contribution in [2.75, 3.05) is 0 Å². The zero-order valence-corrected chi connectivity index (χ0v) is 13.5. The van der Waals surface area contributed by atoms with E-state index in [2.05, 4.69) is 0 Å². The zero-order chi connectivity index (χ0) is 16.8. The Hall–Kier alpha value is -2.67. The molecule has 3 rings (SSSR count). The van der Waals surface area contributed by atoms with E-state index in [1.165, 1.54) is 10.6 Å². The third-order valence-corrected chi connectivity index (χ3v) is 4.30. The van der Waals surface area contributed by atoms with Gasteiger partial charge in [0.15, 0.2) is 5.78 Å². The van der Waals surface area contributed by atoms with Crippen LogP contribution >= 0.6 is 0 Å². The Balaban J connectivity index is 2.36. The van der Waals surface area contributed by atoms with Gasteiger partial charge in [0, 0.05) is 23.4 Å². The molecule has 23 heavy (non-hydrogen) atoms. The lowest BCUT2D eigenvalue weighted by molar-refractivity contribution is 0.0909. The van der Waals surface area contributed by atoms with Crippen LogP contribution in [0.4, 0.5) is 0 Å². The minimum atomic E-state index is -0.361. The lowest BCUT2D eigenvalue weighted by atomic mass is 9.75. The van der Waals surface area contributed by atoms with Crippen LogP contribution in [0.3, 0.4) is 0 Å². The number of nitriles is 1. The van der Waals surface area contributed by atoms with Crippen molar-refractivity contribution in [3.8, 4) is 11.8 Å². The Labute approximate surface area is 135 Å². The number of carbonyl (C=O) groups excluding carboxylic acids is 1. The lowest BCUT2D eigenvalue weighted by Gasteiger charge is -2.32. The summed E-state index contributed by atoms with van der Waals surface area (Å²) in [6.45, 7) is 6.02. The highest BCUT2D eigenvalue weighted by molar-refractivity contribution is 5.99. The number of nitrogens with zero attached hydrogens (tertiary/aromatic N) is 2. The van der Waals surface area contributed by atoms with E-state index < -0.39 is 0 Å². The van der Waals surface area contributed by atoms with Crippen molar-refractivity contribution in [3.05, 3.63) is 63.1 Å². The predicted molar refractivity (Wildman–Crippen MR) is 87.9 cm³/mol. The maximum atomic E-state index is 12.7. The summed E-state index contributed by atoms with van der Waals surface area (Å²) < 4.78 is 1.53. The number of Topliss-reactive ketones (excluding diaryl/α,β-unsaturated/α-hetero) is 1. The molecule has 0 saturated carbocycles. The van der Waals surface area contributed by atoms with Crippen LogP contribution in [0.5, 0.6) is 0 Å². The summed E-state index contributed by atoms with van der Waals surface area (Å²) in [6, 6.07) is 10.9. The third kappa shape index (κ3) is 2.59. The summed E-state index contributed by atoms with van der Waals surface area (Å²) >= 11 is 0. The molecule has 1 aromatic heterocycles. The molecule has 4 nitrogen and oxygen atoms in total. The Morgan fingerprint density at radius 1 is 1.13 bits per heavy atom. The summed E-state index contributed by atoms with van der Waals surface area (Å²) in [7, 11) is 0. The highest BCUT2D eigenvalue weighted by atomic mass is 16.1. The lowest BCUT2D eigenvalue weighted by Crippen LogP contribution is -2.35. The van der Waals surface area contributed by atoms with Gasteiger partial charge in [0.05, 0.1) is 0 Å². The topological polar surface area (TPSA) is 62.9 Å². The van der Waals surface area contributed by atoms with E-state index >= 15 is 0 Å². The number of carbonyl (C=O) groups is 1. The van der Waals surface area contributed by atoms with Crippen molar-refractivity contribution < 1.29 is 4.79 Å². The molecule has 1 aromatic carbocycles. The first-order valence-corrected chi connectivity index (χ1v) is 7.62. The van der Waals surface area contributed by atoms with Crippen molar-refractivity contribution >= 4 is 5.78 Å². The molecule has 0 spiro atoms. The smallest absolute Gasteiger partial charge is 0.273 e. The van der Waals surface area contributed by atoms with Gasteiger partial charge in [-0.25, -0.2) is 0 Å². The van der Waals surface area contributed by atoms with E-state index in [4.69, 9.17) is 0 Å². The van der Waals surface area contributed by atoms with Crippen LogP contribution < -0.4 is 5.56 Å². The van der Waals surface area contributed by atoms with Gasteiger partial charge in [0.1, 0.15) is 11.6 Å². The Kier molecular flexibility index (Phi) is 3.45. The second kappa shape index (κ2) is 5.20. The average molecular weight is 306 g/mol. The molecular weight excluding hydrogens is 288 g/mol. The molecule has 1 aliphatic carbocycles. The van der Waals surface area contributed by atoms with Crippen LogP contribution in [-0.4, -0.2) is 10.4 Å². The monoisotopic (exact) mass is 306 g/mol. The number of ketones is 1. The SMILES string of the molecule is Cc1ccc(-n2c3c(cc(C#N)c2=O)C(=O)CC(C)(C)C3)cc1. The zero-order valence-electron chi connectivity index (χ0n) is 13.5. The fourth-order valence-electron chi connectivity index (χ4n) is 3.16. The van der Waals surface area contributed by atoms with Gasteiger partial charge >= 0.3 is 0 Å². The number of hydrogen-bond donors (Lipinski definition) is 0. The van der Waals surface area contributed by atoms with Crippen LogP contribution in [-0.2, 0) is 6.42 Å². The third-order valence-electron chi connectivity index (χ3n) is 4.30. The summed E-state index contributed by atoms with van der Waals surface area (Å²) in [4.78, 5) is 25.2. The molecule has 116 valence electrons. The molecule has 0 radical (unpaired) electrons. The Morgan fingerprint density at radius 2 is 1.78 bits per heavy atom. The van der Waals surface area contributed by atoms with Gasteiger partial charge < -0.3 is 0 Å². The maximum absolute atomic E-state index is 12.7. The first-order valence-electron chi connectivity index (χ1n) is 7.62. The second-order valence-electron chi connectivity index (χ2n) is 6.95. The molecule has 0 atom stereocenters. The number of fused-ring (bicyclic) bond motifs is 1. The molecule has 1 heterocycles. The van der Waals surface area contributed by atoms with Crippen LogP contribution in [0, 0.1) is 23.7 Å².